The third-order valence-corrected chi connectivity index (χ3v) is 5.39. The van der Waals surface area contributed by atoms with Gasteiger partial charge in [0.05, 0.1) is 23.4 Å². The van der Waals surface area contributed by atoms with Crippen molar-refractivity contribution in [1.29, 1.82) is 0 Å². The number of aromatic nitrogens is 1. The molecule has 2 N–H and O–H groups in total. The van der Waals surface area contributed by atoms with Gasteiger partial charge in [0.25, 0.3) is 0 Å². The van der Waals surface area contributed by atoms with Crippen LogP contribution < -0.4 is 0 Å². The molecule has 6 nitrogen and oxygen atoms in total. The molecule has 0 atom stereocenters. The van der Waals surface area contributed by atoms with Crippen LogP contribution in [0.1, 0.15) is 33.2 Å². The maximum Gasteiger partial charge on any atom is 0.338 e. The standard InChI is InChI=1S/C26H20ClNO5/c1-2-33-26(32)18-10-14-20(15-11-18)28-22(16-6-4-3-5-7-16)21(24(30)25(28)31)23(29)17-8-12-19(27)13-9-17/h3-15,30-31H,2H2,1H3. The topological polar surface area (TPSA) is 88.8 Å². The number of aromatic hydroxyl groups is 2. The van der Waals surface area contributed by atoms with Gasteiger partial charge in [-0.3, -0.25) is 9.36 Å². The number of halogens is 1. The SMILES string of the molecule is CCOC(=O)c1ccc(-n2c(O)c(O)c(C(=O)c3ccc(Cl)cc3)c2-c2ccccc2)cc1. The maximum absolute atomic E-state index is 13.4. The molecule has 0 aliphatic rings. The summed E-state index contributed by atoms with van der Waals surface area (Å²) in [6.07, 6.45) is 0. The summed E-state index contributed by atoms with van der Waals surface area (Å²) in [5.41, 5.74) is 1.98. The van der Waals surface area contributed by atoms with E-state index < -0.39 is 23.4 Å². The molecule has 0 saturated heterocycles. The van der Waals surface area contributed by atoms with E-state index in [4.69, 9.17) is 16.3 Å². The highest BCUT2D eigenvalue weighted by Gasteiger charge is 2.29. The summed E-state index contributed by atoms with van der Waals surface area (Å²) in [7, 11) is 0. The molecule has 0 saturated carbocycles. The number of benzene rings is 3. The van der Waals surface area contributed by atoms with Crippen molar-refractivity contribution in [3.05, 3.63) is 101 Å². The van der Waals surface area contributed by atoms with Crippen molar-refractivity contribution in [2.75, 3.05) is 6.61 Å². The van der Waals surface area contributed by atoms with Crippen molar-refractivity contribution >= 4 is 23.4 Å². The molecule has 0 bridgehead atoms. The zero-order valence-electron chi connectivity index (χ0n) is 17.7. The van der Waals surface area contributed by atoms with Crippen molar-refractivity contribution in [1.82, 2.24) is 4.57 Å². The average molecular weight is 462 g/mol. The predicted molar refractivity (Wildman–Crippen MR) is 125 cm³/mol. The minimum absolute atomic E-state index is 0.0458. The van der Waals surface area contributed by atoms with Crippen LogP contribution in [0.25, 0.3) is 16.9 Å². The van der Waals surface area contributed by atoms with Crippen molar-refractivity contribution in [2.45, 2.75) is 6.92 Å². The average Bonchev–Trinajstić information content (AvgIpc) is 3.10. The first-order valence-corrected chi connectivity index (χ1v) is 10.6. The summed E-state index contributed by atoms with van der Waals surface area (Å²) in [4.78, 5) is 25.4. The lowest BCUT2D eigenvalue weighted by molar-refractivity contribution is 0.0526. The molecule has 4 aromatic rings. The van der Waals surface area contributed by atoms with Gasteiger partial charge in [-0.15, -0.1) is 0 Å². The van der Waals surface area contributed by atoms with Crippen LogP contribution in [0.2, 0.25) is 5.02 Å². The molecule has 0 fully saturated rings. The zero-order valence-corrected chi connectivity index (χ0v) is 18.4. The summed E-state index contributed by atoms with van der Waals surface area (Å²) < 4.78 is 6.39. The van der Waals surface area contributed by atoms with E-state index in [2.05, 4.69) is 0 Å². The Hall–Kier alpha value is -4.03. The quantitative estimate of drug-likeness (QED) is 0.287. The second-order valence-corrected chi connectivity index (χ2v) is 7.64. The Morgan fingerprint density at radius 1 is 0.879 bits per heavy atom. The summed E-state index contributed by atoms with van der Waals surface area (Å²) in [5.74, 6) is -1.97. The summed E-state index contributed by atoms with van der Waals surface area (Å²) in [6, 6.07) is 21.6. The molecular weight excluding hydrogens is 442 g/mol. The van der Waals surface area contributed by atoms with E-state index in [9.17, 15) is 19.8 Å². The lowest BCUT2D eigenvalue weighted by atomic mass is 9.99. The van der Waals surface area contributed by atoms with Crippen LogP contribution in [0.3, 0.4) is 0 Å². The molecule has 166 valence electrons. The van der Waals surface area contributed by atoms with Crippen molar-refractivity contribution in [3.8, 4) is 28.6 Å². The molecule has 0 aliphatic carbocycles. The number of carbonyl (C=O) groups excluding carboxylic acids is 2. The van der Waals surface area contributed by atoms with Crippen molar-refractivity contribution < 1.29 is 24.5 Å². The Balaban J connectivity index is 1.91. The monoisotopic (exact) mass is 461 g/mol. The highest BCUT2D eigenvalue weighted by molar-refractivity contribution is 6.30. The summed E-state index contributed by atoms with van der Waals surface area (Å²) in [6.45, 7) is 1.97. The van der Waals surface area contributed by atoms with Gasteiger partial charge in [0.15, 0.2) is 11.5 Å². The lowest BCUT2D eigenvalue weighted by Crippen LogP contribution is -2.06. The van der Waals surface area contributed by atoms with Gasteiger partial charge in [-0.05, 0) is 61.0 Å². The molecule has 3 aromatic carbocycles. The van der Waals surface area contributed by atoms with Crippen LogP contribution >= 0.6 is 11.6 Å². The van der Waals surface area contributed by atoms with Gasteiger partial charge >= 0.3 is 5.97 Å². The number of rotatable bonds is 6. The van der Waals surface area contributed by atoms with Gasteiger partial charge in [0, 0.05) is 16.3 Å². The minimum atomic E-state index is -0.539. The van der Waals surface area contributed by atoms with Crippen LogP contribution in [0.4, 0.5) is 0 Å². The van der Waals surface area contributed by atoms with E-state index in [1.165, 1.54) is 4.57 Å². The van der Waals surface area contributed by atoms with Gasteiger partial charge in [0.2, 0.25) is 5.88 Å². The Kier molecular flexibility index (Phi) is 6.20. The molecule has 33 heavy (non-hydrogen) atoms. The normalized spacial score (nSPS) is 10.7. The Labute approximate surface area is 195 Å². The Morgan fingerprint density at radius 2 is 1.48 bits per heavy atom. The first-order valence-electron chi connectivity index (χ1n) is 10.2. The highest BCUT2D eigenvalue weighted by Crippen LogP contribution is 2.44. The molecule has 7 heteroatoms. The first-order chi connectivity index (χ1) is 15.9. The van der Waals surface area contributed by atoms with Crippen LogP contribution in [0, 0.1) is 0 Å². The number of nitrogens with zero attached hydrogens (tertiary/aromatic N) is 1. The first kappa shape index (κ1) is 22.2. The van der Waals surface area contributed by atoms with Crippen LogP contribution in [-0.2, 0) is 4.74 Å². The number of esters is 1. The molecule has 0 spiro atoms. The van der Waals surface area contributed by atoms with E-state index >= 15 is 0 Å². The Morgan fingerprint density at radius 3 is 2.09 bits per heavy atom. The number of ketones is 1. The van der Waals surface area contributed by atoms with Crippen molar-refractivity contribution in [2.24, 2.45) is 0 Å². The second-order valence-electron chi connectivity index (χ2n) is 7.20. The molecule has 1 aromatic heterocycles. The lowest BCUT2D eigenvalue weighted by Gasteiger charge is -2.13. The number of hydrogen-bond donors (Lipinski definition) is 2. The third-order valence-electron chi connectivity index (χ3n) is 5.14. The zero-order chi connectivity index (χ0) is 23.5. The van der Waals surface area contributed by atoms with Crippen LogP contribution in [0.5, 0.6) is 11.6 Å². The van der Waals surface area contributed by atoms with Gasteiger partial charge < -0.3 is 14.9 Å². The summed E-state index contributed by atoms with van der Waals surface area (Å²) >= 11 is 5.95. The number of hydrogen-bond acceptors (Lipinski definition) is 5. The molecule has 0 aliphatic heterocycles. The Bertz CT molecular complexity index is 1310. The van der Waals surface area contributed by atoms with E-state index in [1.54, 1.807) is 79.7 Å². The van der Waals surface area contributed by atoms with Gasteiger partial charge in [-0.25, -0.2) is 4.79 Å². The molecular formula is C26H20ClNO5. The van der Waals surface area contributed by atoms with E-state index in [0.29, 0.717) is 33.1 Å². The smallest absolute Gasteiger partial charge is 0.338 e. The molecule has 0 amide bonds. The fourth-order valence-electron chi connectivity index (χ4n) is 3.59. The summed E-state index contributed by atoms with van der Waals surface area (Å²) in [5, 5.41) is 22.2. The maximum atomic E-state index is 13.4. The van der Waals surface area contributed by atoms with Crippen molar-refractivity contribution in [3.63, 3.8) is 0 Å². The molecule has 1 heterocycles. The van der Waals surface area contributed by atoms with Gasteiger partial charge in [-0.1, -0.05) is 41.9 Å². The highest BCUT2D eigenvalue weighted by atomic mass is 35.5. The van der Waals surface area contributed by atoms with Crippen LogP contribution in [-0.4, -0.2) is 33.1 Å². The molecule has 0 unspecified atom stereocenters. The fraction of sp³-hybridized carbons (Fsp3) is 0.0769. The van der Waals surface area contributed by atoms with Gasteiger partial charge in [0.1, 0.15) is 0 Å². The number of carbonyl (C=O) groups is 2. The van der Waals surface area contributed by atoms with Crippen LogP contribution in [0.15, 0.2) is 78.9 Å². The largest absolute Gasteiger partial charge is 0.503 e. The fourth-order valence-corrected chi connectivity index (χ4v) is 3.72. The third kappa shape index (κ3) is 4.21. The molecule has 4 rings (SSSR count). The molecule has 0 radical (unpaired) electrons. The van der Waals surface area contributed by atoms with E-state index in [-0.39, 0.29) is 12.2 Å². The second kappa shape index (κ2) is 9.22. The predicted octanol–water partition coefficient (Wildman–Crippen LogP) is 5.62. The van der Waals surface area contributed by atoms with E-state index in [0.717, 1.165) is 0 Å². The number of ether oxygens (including phenoxy) is 1. The van der Waals surface area contributed by atoms with E-state index in [1.807, 2.05) is 6.07 Å². The van der Waals surface area contributed by atoms with Gasteiger partial charge in [-0.2, -0.15) is 0 Å². The minimum Gasteiger partial charge on any atom is -0.503 e.